The summed E-state index contributed by atoms with van der Waals surface area (Å²) in [5.74, 6) is -13.4. The Morgan fingerprint density at radius 3 is 1.93 bits per heavy atom. The molecule has 544 valence electrons. The molecule has 0 radical (unpaired) electrons. The maximum absolute atomic E-state index is 16.1. The van der Waals surface area contributed by atoms with Crippen LogP contribution in [0.5, 0.6) is 46.0 Å². The Hall–Kier alpha value is -5.69. The van der Waals surface area contributed by atoms with Gasteiger partial charge in [0.1, 0.15) is 18.2 Å². The van der Waals surface area contributed by atoms with Crippen molar-refractivity contribution in [3.63, 3.8) is 0 Å². The van der Waals surface area contributed by atoms with Crippen LogP contribution in [-0.2, 0) is 52.6 Å². The number of aliphatic hydroxyl groups is 6. The van der Waals surface area contributed by atoms with Gasteiger partial charge in [-0.1, -0.05) is 38.4 Å². The zero-order valence-electron chi connectivity index (χ0n) is 56.9. The minimum absolute atomic E-state index is 0.0229. The van der Waals surface area contributed by atoms with E-state index in [-0.39, 0.29) is 79.2 Å². The summed E-state index contributed by atoms with van der Waals surface area (Å²) in [6.07, 6.45) is -17.1. The van der Waals surface area contributed by atoms with Crippen LogP contribution < -0.4 is 52.7 Å². The zero-order valence-corrected chi connectivity index (χ0v) is 71.6. The number of nitrogens with one attached hydrogen (secondary N) is 7. The van der Waals surface area contributed by atoms with Crippen molar-refractivity contribution < 1.29 is 156 Å². The van der Waals surface area contributed by atoms with E-state index in [4.69, 9.17) is 57.4 Å². The Kier molecular flexibility index (Phi) is 25.8. The number of aromatic hydroxyl groups is 3. The second-order valence-electron chi connectivity index (χ2n) is 26.8. The molecule has 0 saturated carbocycles. The number of amides is 7. The summed E-state index contributed by atoms with van der Waals surface area (Å²) in [5, 5.41) is 120. The molecule has 5 aromatic carbocycles. The minimum atomic E-state index is -2.30. The number of hydrogen-bond acceptors (Lipinski definition) is 24. The van der Waals surface area contributed by atoms with Crippen molar-refractivity contribution in [2.75, 3.05) is 6.61 Å². The second kappa shape index (κ2) is 33.2. The van der Waals surface area contributed by atoms with Gasteiger partial charge in [-0.25, -0.2) is 0 Å². The van der Waals surface area contributed by atoms with Crippen LogP contribution in [0.3, 0.4) is 0 Å². The van der Waals surface area contributed by atoms with E-state index < -0.39 is 301 Å². The van der Waals surface area contributed by atoms with Gasteiger partial charge in [0, 0.05) is 5.92 Å². The van der Waals surface area contributed by atoms with Crippen molar-refractivity contribution in [2.24, 2.45) is 17.6 Å². The number of carbonyl (C=O) groups is 8. The van der Waals surface area contributed by atoms with Crippen LogP contribution in [0, 0.1) is 62.0 Å². The molecule has 7 amide bonds. The number of phenolic OH excluding ortho intramolecular Hbond substituents is 3. The van der Waals surface area contributed by atoms with Gasteiger partial charge in [-0.05, 0) is 36.5 Å². The van der Waals surface area contributed by atoms with E-state index in [9.17, 15) is 65.1 Å². The molecule has 0 spiro atoms. The predicted molar refractivity (Wildman–Crippen MR) is 358 cm³/mol. The van der Waals surface area contributed by atoms with Crippen molar-refractivity contribution >= 4 is 119 Å². The number of ether oxygens (including phenoxy) is 6. The number of primary amides is 1. The predicted octanol–water partition coefficient (Wildman–Crippen LogP) is 1.29. The van der Waals surface area contributed by atoms with Crippen LogP contribution >= 0.6 is 23.2 Å². The van der Waals surface area contributed by atoms with Crippen molar-refractivity contribution in [1.29, 1.82) is 0 Å². The summed E-state index contributed by atoms with van der Waals surface area (Å²) in [6.45, 7) is 9.18. The molecule has 2 saturated heterocycles. The van der Waals surface area contributed by atoms with Gasteiger partial charge in [-0.3, -0.25) is 19.2 Å². The van der Waals surface area contributed by atoms with Crippen molar-refractivity contribution in [2.45, 2.75) is 170 Å². The fraction of sp³-hybridized carbons (Fsp3) is 0.441. The Morgan fingerprint density at radius 1 is 0.748 bits per heavy atom. The molecule has 18 N–H and O–H groups in total. The van der Waals surface area contributed by atoms with Crippen molar-refractivity contribution in [1.82, 2.24) is 32.7 Å². The SMILES string of the molecule is CCC(CC(C)C)C(=O)NC1C(=O)NC(CC(N)=O)C(=O)NC2C(=O)NC3C(=O)NC(C(=O)NC([C](=O)[Rb])c4cc(O)c(C)c(O)c4-c4cc3ccc4O)C(O)c3ccc(c(Cl)c3)Oc3cc2cc(c3OC2OC(CO)C(O)C(O)C2OC2CC(C)([NH][RaH])C(O)C(C)O2)Oc2ccc(cc2Cl)C1O. The summed E-state index contributed by atoms with van der Waals surface area (Å²) in [7, 11) is 0. The fourth-order valence-electron chi connectivity index (χ4n) is 13.2. The number of hydrogen-bond donors (Lipinski definition) is 17. The van der Waals surface area contributed by atoms with Gasteiger partial charge in [0.2, 0.25) is 23.6 Å². The average Bonchev–Trinajstić information content (AvgIpc) is 0.762. The summed E-state index contributed by atoms with van der Waals surface area (Å²) in [5.41, 5.74) is 2.75. The van der Waals surface area contributed by atoms with Gasteiger partial charge in [0.15, 0.2) is 0 Å². The molecule has 18 atom stereocenters. The van der Waals surface area contributed by atoms with E-state index in [1.165, 1.54) is 37.3 Å². The molecule has 31 nitrogen and oxygen atoms in total. The molecule has 5 aromatic rings. The number of aliphatic hydroxyl groups excluding tert-OH is 6. The smallest absolute Gasteiger partial charge is 0.386 e. The summed E-state index contributed by atoms with van der Waals surface area (Å²) in [6, 6.07) is 1.42. The molecule has 7 aliphatic heterocycles. The van der Waals surface area contributed by atoms with E-state index in [1.54, 1.807) is 20.8 Å². The third kappa shape index (κ3) is 17.2. The number of fused-ring (bicyclic) bond motifs is 15. The Bertz CT molecular complexity index is 4160. The van der Waals surface area contributed by atoms with Gasteiger partial charge in [-0.15, -0.1) is 0 Å². The van der Waals surface area contributed by atoms with Gasteiger partial charge in [0.25, 0.3) is 0 Å². The molecule has 7 heterocycles. The van der Waals surface area contributed by atoms with E-state index in [1.807, 2.05) is 13.8 Å². The monoisotopic (exact) mass is 1750 g/mol. The van der Waals surface area contributed by atoms with Crippen LogP contribution in [0.2, 0.25) is 10.0 Å². The molecule has 0 aromatic heterocycles. The zero-order chi connectivity index (χ0) is 75.1. The maximum atomic E-state index is 16.1. The van der Waals surface area contributed by atoms with Gasteiger partial charge < -0.3 is 21.5 Å². The average molecular weight is 1760 g/mol. The van der Waals surface area contributed by atoms with E-state index in [2.05, 4.69) is 32.7 Å². The summed E-state index contributed by atoms with van der Waals surface area (Å²) in [4.78, 5) is 118. The standard InChI is InChI=1S/C68H76Cl2N8O23.Ra.Rb.H/c1-7-28(14-25(2)3)61(90)77-51-54(85)30-9-12-41(35(69)16-30)97-43-18-32-19-44(58(43)101-67-59(57(88)56(87)45(24-80)99-67)100-47-22-68(6,72)60(89)27(5)96-47)98-42-13-10-31(17-36(42)70)55(86)52-66(95)74-38(23-79)33-20-40(82)26(4)53(84)48(33)34-15-29(8-11-39(34)81)49(63(92)78-52)76-64(93)50(32)75-62(91)37(21-46(71)83)73-65(51)94;;;/h8-13,15-20,25,27-28,37-38,45,47,49-52,54-57,59-60,67,72,80-82,84-89H,7,14,21-22,24H2,1-6H3,(H2,71,83)(H,73,94)(H,74,95)(H,75,91)(H,76,93)(H,77,90)(H,78,92);;;/q-1;+1;;. The number of nitrogens with two attached hydrogens (primary N) is 1. The summed E-state index contributed by atoms with van der Waals surface area (Å²) < 4.78 is 41.6. The molecule has 11 bridgehead atoms. The van der Waals surface area contributed by atoms with Crippen molar-refractivity contribution in [3.8, 4) is 57.1 Å². The number of phenols is 3. The van der Waals surface area contributed by atoms with Gasteiger partial charge >= 0.3 is 501 Å². The Labute approximate surface area is 668 Å². The molecule has 0 aliphatic carbocycles. The molecule has 35 heteroatoms. The molecule has 2 fully saturated rings. The van der Waals surface area contributed by atoms with E-state index >= 15 is 19.2 Å². The molecule has 18 unspecified atom stereocenters. The first-order chi connectivity index (χ1) is 48.6. The van der Waals surface area contributed by atoms with Gasteiger partial charge in [-0.2, -0.15) is 0 Å². The number of carbonyl (C=O) groups excluding carboxylic acids is 8. The van der Waals surface area contributed by atoms with Gasteiger partial charge in [0.05, 0.1) is 11.4 Å². The first-order valence-corrected chi connectivity index (χ1v) is 40.4. The quantitative estimate of drug-likeness (QED) is 0.0745. The van der Waals surface area contributed by atoms with Crippen LogP contribution in [0.1, 0.15) is 124 Å². The third-order valence-corrected chi connectivity index (χ3v) is 25.8. The number of rotatable bonds is 14. The molecular weight excluding hydrogens is 1680 g/mol. The Morgan fingerprint density at radius 2 is 1.35 bits per heavy atom. The van der Waals surface area contributed by atoms with Crippen molar-refractivity contribution in [3.05, 3.63) is 116 Å². The molecule has 7 aliphatic rings. The number of halogens is 2. The van der Waals surface area contributed by atoms with Crippen LogP contribution in [0.25, 0.3) is 11.1 Å². The molecule has 12 rings (SSSR count). The van der Waals surface area contributed by atoms with E-state index in [0.29, 0.717) is 6.42 Å². The summed E-state index contributed by atoms with van der Waals surface area (Å²) >= 11 is 12.8. The Balaban J connectivity index is 1.24. The molecular formula is C68H77Cl2N8O23RaRb. The topological polar surface area (TPSA) is 484 Å². The normalized spacial score (nSPS) is 29.1. The minimum Gasteiger partial charge on any atom is -0.386 e. The first kappa shape index (κ1) is 79.9. The number of benzene rings is 5. The van der Waals surface area contributed by atoms with Crippen LogP contribution in [-0.4, -0.2) is 221 Å². The molecule has 103 heavy (non-hydrogen) atoms. The first-order valence-electron chi connectivity index (χ1n) is 33.1. The van der Waals surface area contributed by atoms with Crippen LogP contribution in [0.4, 0.5) is 0 Å². The second-order valence-corrected chi connectivity index (χ2v) is 32.1. The fourth-order valence-corrected chi connectivity index (χ4v) is 16.8. The van der Waals surface area contributed by atoms with E-state index in [0.717, 1.165) is 42.5 Å². The van der Waals surface area contributed by atoms with Crippen LogP contribution in [0.15, 0.2) is 72.8 Å². The third-order valence-electron chi connectivity index (χ3n) is 19.1.